The molecular weight excluding hydrogens is 640 g/mol. The second kappa shape index (κ2) is 11.7. The number of nitrogens with one attached hydrogen (secondary N) is 2. The number of carbonyl (C=O) groups excluding carboxylic acids is 3. The number of hydrogen-bond acceptors (Lipinski definition) is 9. The molecule has 0 saturated carbocycles. The van der Waals surface area contributed by atoms with Crippen molar-refractivity contribution in [1.82, 2.24) is 29.6 Å². The Bertz CT molecular complexity index is 2230. The molecule has 2 atom stereocenters. The SMILES string of the molecule is Cc1sc2c(c1C)C(c1ccc(Cl)cc1)=NC(CC(=O)Nc1cccc3c(=O)n(C4CCC(=O)NC4=O)c(C)nc13)c1nnc(C)n1-2. The van der Waals surface area contributed by atoms with E-state index in [1.807, 2.05) is 35.8 Å². The van der Waals surface area contributed by atoms with Gasteiger partial charge in [0.1, 0.15) is 34.3 Å². The number of benzene rings is 2. The molecule has 14 heteroatoms. The predicted octanol–water partition coefficient (Wildman–Crippen LogP) is 4.82. The average Bonchev–Trinajstić information content (AvgIpc) is 3.51. The third-order valence-electron chi connectivity index (χ3n) is 8.64. The number of halogens is 1. The number of imide groups is 1. The van der Waals surface area contributed by atoms with Gasteiger partial charge >= 0.3 is 0 Å². The molecule has 3 aromatic heterocycles. The van der Waals surface area contributed by atoms with Crippen LogP contribution >= 0.6 is 22.9 Å². The molecule has 2 N–H and O–H groups in total. The largest absolute Gasteiger partial charge is 0.324 e. The van der Waals surface area contributed by atoms with Gasteiger partial charge in [0.25, 0.3) is 5.56 Å². The number of aryl methyl sites for hydroxylation is 3. The van der Waals surface area contributed by atoms with Crippen molar-refractivity contribution in [3.8, 4) is 5.00 Å². The molecule has 47 heavy (non-hydrogen) atoms. The number of nitrogens with zero attached hydrogens (tertiary/aromatic N) is 6. The summed E-state index contributed by atoms with van der Waals surface area (Å²) in [6.45, 7) is 7.63. The molecule has 12 nitrogen and oxygen atoms in total. The van der Waals surface area contributed by atoms with Gasteiger partial charge in [0.2, 0.25) is 17.7 Å². The van der Waals surface area contributed by atoms with Gasteiger partial charge in [-0.1, -0.05) is 29.8 Å². The van der Waals surface area contributed by atoms with E-state index < -0.39 is 23.6 Å². The molecule has 2 unspecified atom stereocenters. The van der Waals surface area contributed by atoms with Gasteiger partial charge < -0.3 is 5.32 Å². The average molecular weight is 669 g/mol. The van der Waals surface area contributed by atoms with Crippen LogP contribution in [0, 0.1) is 27.7 Å². The van der Waals surface area contributed by atoms with E-state index in [4.69, 9.17) is 16.6 Å². The molecule has 5 heterocycles. The third-order valence-corrected chi connectivity index (χ3v) is 10.1. The van der Waals surface area contributed by atoms with E-state index in [9.17, 15) is 19.2 Å². The summed E-state index contributed by atoms with van der Waals surface area (Å²) in [6, 6.07) is 10.9. The Kier molecular flexibility index (Phi) is 7.60. The summed E-state index contributed by atoms with van der Waals surface area (Å²) in [5, 5.41) is 15.8. The van der Waals surface area contributed by atoms with E-state index in [0.717, 1.165) is 32.3 Å². The topological polar surface area (TPSA) is 153 Å². The Morgan fingerprint density at radius 2 is 1.81 bits per heavy atom. The second-order valence-corrected chi connectivity index (χ2v) is 13.3. The lowest BCUT2D eigenvalue weighted by atomic mass is 9.99. The van der Waals surface area contributed by atoms with Gasteiger partial charge in [-0.15, -0.1) is 21.5 Å². The van der Waals surface area contributed by atoms with Crippen LogP contribution in [0.1, 0.15) is 70.4 Å². The minimum Gasteiger partial charge on any atom is -0.324 e. The van der Waals surface area contributed by atoms with Crippen LogP contribution < -0.4 is 16.2 Å². The fourth-order valence-electron chi connectivity index (χ4n) is 6.23. The van der Waals surface area contributed by atoms with Gasteiger partial charge in [-0.2, -0.15) is 0 Å². The molecule has 7 rings (SSSR count). The van der Waals surface area contributed by atoms with Crippen LogP contribution in [-0.2, 0) is 14.4 Å². The molecule has 2 aliphatic heterocycles. The lowest BCUT2D eigenvalue weighted by Crippen LogP contribution is -2.45. The van der Waals surface area contributed by atoms with Crippen LogP contribution in [0.25, 0.3) is 15.9 Å². The number of amides is 3. The minimum atomic E-state index is -0.852. The molecule has 2 aliphatic rings. The first-order valence-electron chi connectivity index (χ1n) is 15.0. The minimum absolute atomic E-state index is 0.0646. The molecule has 0 radical (unpaired) electrons. The van der Waals surface area contributed by atoms with E-state index >= 15 is 0 Å². The number of thiophene rings is 1. The second-order valence-electron chi connectivity index (χ2n) is 11.7. The van der Waals surface area contributed by atoms with Crippen molar-refractivity contribution in [3.63, 3.8) is 0 Å². The van der Waals surface area contributed by atoms with E-state index in [1.54, 1.807) is 36.5 Å². The van der Waals surface area contributed by atoms with Crippen molar-refractivity contribution in [2.24, 2.45) is 4.99 Å². The van der Waals surface area contributed by atoms with Gasteiger partial charge in [0.15, 0.2) is 5.82 Å². The Balaban J connectivity index is 1.26. The smallest absolute Gasteiger partial charge is 0.262 e. The summed E-state index contributed by atoms with van der Waals surface area (Å²) in [6.07, 6.45) is 0.259. The number of aromatic nitrogens is 5. The van der Waals surface area contributed by atoms with Crippen molar-refractivity contribution < 1.29 is 14.4 Å². The zero-order chi connectivity index (χ0) is 33.1. The first-order chi connectivity index (χ1) is 22.5. The molecule has 1 saturated heterocycles. The normalized spacial score (nSPS) is 17.5. The Hall–Kier alpha value is -5.01. The van der Waals surface area contributed by atoms with E-state index in [2.05, 4.69) is 39.7 Å². The Labute approximate surface area is 277 Å². The number of fused-ring (bicyclic) bond motifs is 4. The lowest BCUT2D eigenvalue weighted by molar-refractivity contribution is -0.135. The van der Waals surface area contributed by atoms with Gasteiger partial charge in [-0.25, -0.2) is 4.98 Å². The van der Waals surface area contributed by atoms with Crippen molar-refractivity contribution in [1.29, 1.82) is 0 Å². The number of para-hydroxylation sites is 1. The monoisotopic (exact) mass is 668 g/mol. The number of piperidine rings is 1. The summed E-state index contributed by atoms with van der Waals surface area (Å²) in [5.41, 5.74) is 3.86. The summed E-state index contributed by atoms with van der Waals surface area (Å²) in [4.78, 5) is 62.6. The van der Waals surface area contributed by atoms with Crippen LogP contribution in [0.15, 0.2) is 52.3 Å². The summed E-state index contributed by atoms with van der Waals surface area (Å²) in [7, 11) is 0. The molecule has 238 valence electrons. The maximum absolute atomic E-state index is 13.8. The quantitative estimate of drug-likeness (QED) is 0.255. The number of rotatable bonds is 5. The van der Waals surface area contributed by atoms with Crippen LogP contribution in [-0.4, -0.2) is 47.7 Å². The zero-order valence-electron chi connectivity index (χ0n) is 25.9. The fourth-order valence-corrected chi connectivity index (χ4v) is 7.57. The predicted molar refractivity (Wildman–Crippen MR) is 179 cm³/mol. The summed E-state index contributed by atoms with van der Waals surface area (Å²) in [5.74, 6) is 0.246. The van der Waals surface area contributed by atoms with Gasteiger partial charge in [0, 0.05) is 27.4 Å². The molecule has 5 aromatic rings. The first-order valence-corrected chi connectivity index (χ1v) is 16.2. The number of anilines is 1. The lowest BCUT2D eigenvalue weighted by Gasteiger charge is -2.24. The molecule has 1 fully saturated rings. The van der Waals surface area contributed by atoms with Crippen LogP contribution in [0.2, 0.25) is 5.02 Å². The van der Waals surface area contributed by atoms with Crippen molar-refractivity contribution in [3.05, 3.63) is 96.9 Å². The van der Waals surface area contributed by atoms with Gasteiger partial charge in [-0.05, 0) is 63.9 Å². The third kappa shape index (κ3) is 5.25. The van der Waals surface area contributed by atoms with Crippen LogP contribution in [0.5, 0.6) is 0 Å². The highest BCUT2D eigenvalue weighted by Gasteiger charge is 2.33. The van der Waals surface area contributed by atoms with Crippen LogP contribution in [0.3, 0.4) is 0 Å². The molecule has 0 bridgehead atoms. The Morgan fingerprint density at radius 1 is 1.04 bits per heavy atom. The maximum atomic E-state index is 13.8. The van der Waals surface area contributed by atoms with Gasteiger partial charge in [0.05, 0.1) is 23.2 Å². The molecule has 0 aliphatic carbocycles. The highest BCUT2D eigenvalue weighted by molar-refractivity contribution is 7.15. The highest BCUT2D eigenvalue weighted by Crippen LogP contribution is 2.40. The number of hydrogen-bond donors (Lipinski definition) is 2. The van der Waals surface area contributed by atoms with Crippen molar-refractivity contribution >= 4 is 63.0 Å². The summed E-state index contributed by atoms with van der Waals surface area (Å²) < 4.78 is 3.29. The van der Waals surface area contributed by atoms with Crippen molar-refractivity contribution in [2.45, 2.75) is 59.0 Å². The Morgan fingerprint density at radius 3 is 2.55 bits per heavy atom. The fraction of sp³-hybridized carbons (Fsp3) is 0.273. The van der Waals surface area contributed by atoms with E-state index in [0.29, 0.717) is 33.7 Å². The summed E-state index contributed by atoms with van der Waals surface area (Å²) >= 11 is 7.85. The number of carbonyl (C=O) groups is 3. The zero-order valence-corrected chi connectivity index (χ0v) is 27.5. The number of aliphatic imine (C=N–C) groups is 1. The standard InChI is InChI=1S/C33H29ClN8O4S/c1-15-16(2)47-33-27(15)28(19-8-10-20(34)11-9-19)37-23(30-40-39-18(4)42(30)33)14-26(44)36-22-7-5-6-21-29(22)35-17(3)41(32(21)46)24-12-13-25(43)38-31(24)45/h5-11,23-24H,12-14H2,1-4H3,(H,36,44)(H,38,43,45). The molecule has 3 amide bonds. The molecule has 0 spiro atoms. The molecule has 2 aromatic carbocycles. The molecular formula is C33H29ClN8O4S. The van der Waals surface area contributed by atoms with E-state index in [-0.39, 0.29) is 36.5 Å². The van der Waals surface area contributed by atoms with Crippen molar-refractivity contribution in [2.75, 3.05) is 5.32 Å². The van der Waals surface area contributed by atoms with Crippen LogP contribution in [0.4, 0.5) is 5.69 Å². The highest BCUT2D eigenvalue weighted by atomic mass is 35.5. The van der Waals surface area contributed by atoms with E-state index in [1.165, 1.54) is 4.57 Å². The van der Waals surface area contributed by atoms with Gasteiger partial charge in [-0.3, -0.25) is 38.6 Å². The maximum Gasteiger partial charge on any atom is 0.262 e. The first kappa shape index (κ1) is 30.6.